The van der Waals surface area contributed by atoms with Crippen LogP contribution in [0.5, 0.6) is 0 Å². The van der Waals surface area contributed by atoms with Crippen LogP contribution in [0.1, 0.15) is 6.42 Å². The van der Waals surface area contributed by atoms with Gasteiger partial charge in [0.05, 0.1) is 10.8 Å². The molecule has 15 heavy (non-hydrogen) atoms. The summed E-state index contributed by atoms with van der Waals surface area (Å²) in [5.41, 5.74) is 0. The van der Waals surface area contributed by atoms with Gasteiger partial charge in [-0.2, -0.15) is 0 Å². The van der Waals surface area contributed by atoms with E-state index in [0.29, 0.717) is 23.7 Å². The molecular weight excluding hydrogens is 274 g/mol. The Morgan fingerprint density at radius 1 is 0.867 bits per heavy atom. The van der Waals surface area contributed by atoms with Gasteiger partial charge in [-0.15, -0.1) is 23.2 Å². The fourth-order valence-electron chi connectivity index (χ4n) is 3.34. The van der Waals surface area contributed by atoms with Gasteiger partial charge < -0.3 is 0 Å². The summed E-state index contributed by atoms with van der Waals surface area (Å²) in [7, 11) is 0. The van der Waals surface area contributed by atoms with Crippen molar-refractivity contribution >= 4 is 46.4 Å². The highest BCUT2D eigenvalue weighted by atomic mass is 35.5. The number of alkyl halides is 2. The minimum Gasteiger partial charge on any atom is -0.117 e. The van der Waals surface area contributed by atoms with Crippen LogP contribution in [-0.2, 0) is 0 Å². The fraction of sp³-hybridized carbons (Fsp3) is 0.636. The summed E-state index contributed by atoms with van der Waals surface area (Å²) in [4.78, 5) is 0. The van der Waals surface area contributed by atoms with Crippen LogP contribution in [0, 0.1) is 23.7 Å². The monoisotopic (exact) mass is 282 g/mol. The molecule has 1 fully saturated rings. The molecule has 0 heterocycles. The summed E-state index contributed by atoms with van der Waals surface area (Å²) >= 11 is 24.9. The third-order valence-corrected chi connectivity index (χ3v) is 5.92. The van der Waals surface area contributed by atoms with E-state index in [9.17, 15) is 0 Å². The van der Waals surface area contributed by atoms with Crippen LogP contribution in [0.3, 0.4) is 0 Å². The van der Waals surface area contributed by atoms with Crippen molar-refractivity contribution in [1.29, 1.82) is 0 Å². The number of halogens is 4. The van der Waals surface area contributed by atoms with Crippen molar-refractivity contribution < 1.29 is 0 Å². The molecule has 0 aromatic rings. The zero-order valence-electron chi connectivity index (χ0n) is 7.84. The fourth-order valence-corrected chi connectivity index (χ4v) is 4.81. The third kappa shape index (κ3) is 1.42. The van der Waals surface area contributed by atoms with E-state index in [1.165, 1.54) is 0 Å². The van der Waals surface area contributed by atoms with Gasteiger partial charge in [0.25, 0.3) is 0 Å². The average molecular weight is 284 g/mol. The van der Waals surface area contributed by atoms with E-state index in [-0.39, 0.29) is 10.8 Å². The number of hydrogen-bond acceptors (Lipinski definition) is 0. The van der Waals surface area contributed by atoms with E-state index in [0.717, 1.165) is 16.5 Å². The lowest BCUT2D eigenvalue weighted by Crippen LogP contribution is -2.37. The SMILES string of the molecule is ClC1=C[C@H]2C[C@@H]3C=C(Cl)[C@@H](Cl)[C@H]2C3[C@@H]1Cl. The van der Waals surface area contributed by atoms with E-state index in [1.54, 1.807) is 0 Å². The second kappa shape index (κ2) is 3.57. The summed E-state index contributed by atoms with van der Waals surface area (Å²) < 4.78 is 0. The van der Waals surface area contributed by atoms with Gasteiger partial charge in [0, 0.05) is 10.1 Å². The maximum atomic E-state index is 6.34. The second-order valence-corrected chi connectivity index (χ2v) is 6.44. The lowest BCUT2D eigenvalue weighted by Gasteiger charge is -2.38. The standard InChI is InChI=1S/C11H10Cl4/c12-6-2-4-1-5-3-7(13)11(15)8(4)9(5)10(6)14/h2-5,8-11H,1H2/t4-,5-,8-,9?,10-,11-/m1/s1. The normalized spacial score (nSPS) is 52.5. The molecule has 3 aliphatic carbocycles. The summed E-state index contributed by atoms with van der Waals surface area (Å²) in [6.07, 6.45) is 5.26. The van der Waals surface area contributed by atoms with Crippen LogP contribution in [0.15, 0.2) is 22.2 Å². The third-order valence-electron chi connectivity index (χ3n) is 3.93. The number of rotatable bonds is 0. The Kier molecular flexibility index (Phi) is 2.56. The predicted molar refractivity (Wildman–Crippen MR) is 65.7 cm³/mol. The molecule has 0 aromatic heterocycles. The van der Waals surface area contributed by atoms with Crippen molar-refractivity contribution in [3.8, 4) is 0 Å². The Bertz CT molecular complexity index is 326. The predicted octanol–water partition coefficient (Wildman–Crippen LogP) is 4.34. The first-order chi connectivity index (χ1) is 7.09. The molecule has 82 valence electrons. The largest absolute Gasteiger partial charge is 0.117 e. The van der Waals surface area contributed by atoms with Crippen LogP contribution in [-0.4, -0.2) is 10.8 Å². The van der Waals surface area contributed by atoms with Crippen molar-refractivity contribution in [3.05, 3.63) is 22.2 Å². The first kappa shape index (κ1) is 10.8. The Morgan fingerprint density at radius 2 is 1.27 bits per heavy atom. The van der Waals surface area contributed by atoms with Gasteiger partial charge >= 0.3 is 0 Å². The molecule has 0 aromatic carbocycles. The molecule has 6 atom stereocenters. The van der Waals surface area contributed by atoms with Crippen LogP contribution >= 0.6 is 46.4 Å². The Hall–Kier alpha value is 0.640. The first-order valence-electron chi connectivity index (χ1n) is 5.12. The quantitative estimate of drug-likeness (QED) is 0.580. The highest BCUT2D eigenvalue weighted by Gasteiger charge is 2.54. The molecule has 0 nitrogen and oxygen atoms in total. The van der Waals surface area contributed by atoms with Crippen LogP contribution < -0.4 is 0 Å². The molecule has 4 bridgehead atoms. The minimum atomic E-state index is -0.0808. The zero-order chi connectivity index (χ0) is 10.7. The van der Waals surface area contributed by atoms with Crippen molar-refractivity contribution in [2.24, 2.45) is 23.7 Å². The second-order valence-electron chi connectivity index (χ2n) is 4.62. The summed E-state index contributed by atoms with van der Waals surface area (Å²) in [6, 6.07) is 0. The lowest BCUT2D eigenvalue weighted by molar-refractivity contribution is 0.305. The highest BCUT2D eigenvalue weighted by Crippen LogP contribution is 2.58. The van der Waals surface area contributed by atoms with E-state index < -0.39 is 0 Å². The molecule has 0 aliphatic heterocycles. The zero-order valence-corrected chi connectivity index (χ0v) is 10.9. The van der Waals surface area contributed by atoms with Crippen molar-refractivity contribution in [2.75, 3.05) is 0 Å². The van der Waals surface area contributed by atoms with Crippen molar-refractivity contribution in [1.82, 2.24) is 0 Å². The van der Waals surface area contributed by atoms with Crippen molar-refractivity contribution in [2.45, 2.75) is 17.2 Å². The highest BCUT2D eigenvalue weighted by molar-refractivity contribution is 6.39. The Balaban J connectivity index is 2.06. The molecule has 3 aliphatic rings. The van der Waals surface area contributed by atoms with E-state index in [1.807, 2.05) is 0 Å². The van der Waals surface area contributed by atoms with E-state index >= 15 is 0 Å². The van der Waals surface area contributed by atoms with Crippen molar-refractivity contribution in [3.63, 3.8) is 0 Å². The molecule has 4 heteroatoms. The molecule has 0 radical (unpaired) electrons. The van der Waals surface area contributed by atoms with Gasteiger partial charge in [0.15, 0.2) is 0 Å². The molecule has 0 spiro atoms. The van der Waals surface area contributed by atoms with Gasteiger partial charge in [-0.1, -0.05) is 35.4 Å². The molecule has 0 N–H and O–H groups in total. The van der Waals surface area contributed by atoms with Gasteiger partial charge in [0.1, 0.15) is 0 Å². The topological polar surface area (TPSA) is 0 Å². The van der Waals surface area contributed by atoms with Crippen LogP contribution in [0.2, 0.25) is 0 Å². The van der Waals surface area contributed by atoms with Crippen LogP contribution in [0.4, 0.5) is 0 Å². The molecule has 1 saturated carbocycles. The molecule has 1 unspecified atom stereocenters. The number of hydrogen-bond donors (Lipinski definition) is 0. The Morgan fingerprint density at radius 3 is 1.67 bits per heavy atom. The summed E-state index contributed by atoms with van der Waals surface area (Å²) in [5, 5.41) is 1.42. The summed E-state index contributed by atoms with van der Waals surface area (Å²) in [6.45, 7) is 0. The van der Waals surface area contributed by atoms with Gasteiger partial charge in [0.2, 0.25) is 0 Å². The van der Waals surface area contributed by atoms with E-state index in [2.05, 4.69) is 12.2 Å². The van der Waals surface area contributed by atoms with Gasteiger partial charge in [-0.05, 0) is 30.1 Å². The average Bonchev–Trinajstić information content (AvgIpc) is 2.40. The van der Waals surface area contributed by atoms with Gasteiger partial charge in [-0.3, -0.25) is 0 Å². The minimum absolute atomic E-state index is 0.0808. The first-order valence-corrected chi connectivity index (χ1v) is 6.75. The molecule has 0 amide bonds. The Labute approximate surface area is 109 Å². The molecule has 0 saturated heterocycles. The molecular formula is C11H10Cl4. The maximum Gasteiger partial charge on any atom is 0.0726 e. The van der Waals surface area contributed by atoms with Crippen LogP contribution in [0.25, 0.3) is 0 Å². The smallest absolute Gasteiger partial charge is 0.0726 e. The summed E-state index contributed by atoms with van der Waals surface area (Å²) in [5.74, 6) is 1.66. The maximum absolute atomic E-state index is 6.34. The molecule has 3 rings (SSSR count). The lowest BCUT2D eigenvalue weighted by atomic mass is 9.75. The van der Waals surface area contributed by atoms with Gasteiger partial charge in [-0.25, -0.2) is 0 Å². The number of allylic oxidation sites excluding steroid dienone is 4. The van der Waals surface area contributed by atoms with E-state index in [4.69, 9.17) is 46.4 Å².